The van der Waals surface area contributed by atoms with Gasteiger partial charge in [0.15, 0.2) is 0 Å². The van der Waals surface area contributed by atoms with Crippen LogP contribution in [0.4, 0.5) is 26.3 Å². The molecule has 0 aromatic heterocycles. The Labute approximate surface area is 90.7 Å². The molecule has 1 N–H and O–H groups in total. The van der Waals surface area contributed by atoms with Gasteiger partial charge in [0, 0.05) is 0 Å². The molecule has 92 valence electrons. The summed E-state index contributed by atoms with van der Waals surface area (Å²) < 4.78 is 73.6. The lowest BCUT2D eigenvalue weighted by Crippen LogP contribution is -2.11. The molecular formula is C9H3F6NO. The molecule has 0 spiro atoms. The average Bonchev–Trinajstić information content (AvgIpc) is 2.14. The maximum atomic E-state index is 12.3. The SMILES string of the molecule is N#Cc1cc(C(F)(F)F)cc(C(F)(F)F)c1O. The van der Waals surface area contributed by atoms with E-state index in [0.717, 1.165) is 6.07 Å². The van der Waals surface area contributed by atoms with Crippen molar-refractivity contribution in [2.75, 3.05) is 0 Å². The lowest BCUT2D eigenvalue weighted by Gasteiger charge is -2.13. The summed E-state index contributed by atoms with van der Waals surface area (Å²) in [5.41, 5.74) is -4.60. The molecule has 1 rings (SSSR count). The molecule has 0 saturated heterocycles. The van der Waals surface area contributed by atoms with Gasteiger partial charge in [-0.3, -0.25) is 0 Å². The molecule has 0 aliphatic heterocycles. The number of benzene rings is 1. The Kier molecular flexibility index (Phi) is 2.97. The lowest BCUT2D eigenvalue weighted by atomic mass is 10.0. The molecule has 2 nitrogen and oxygen atoms in total. The lowest BCUT2D eigenvalue weighted by molar-refractivity contribution is -0.143. The summed E-state index contributed by atoms with van der Waals surface area (Å²) in [7, 11) is 0. The molecule has 0 heterocycles. The monoisotopic (exact) mass is 255 g/mol. The van der Waals surface area contributed by atoms with Crippen LogP contribution in [-0.4, -0.2) is 5.11 Å². The Bertz CT molecular complexity index is 482. The van der Waals surface area contributed by atoms with E-state index in [4.69, 9.17) is 10.4 Å². The van der Waals surface area contributed by atoms with Crippen LogP contribution >= 0.6 is 0 Å². The van der Waals surface area contributed by atoms with Crippen molar-refractivity contribution in [2.45, 2.75) is 12.4 Å². The first-order chi connectivity index (χ1) is 7.57. The van der Waals surface area contributed by atoms with E-state index in [2.05, 4.69) is 0 Å². The number of nitrogens with zero attached hydrogens (tertiary/aromatic N) is 1. The number of rotatable bonds is 0. The second kappa shape index (κ2) is 3.84. The Morgan fingerprint density at radius 3 is 1.88 bits per heavy atom. The molecule has 0 saturated carbocycles. The van der Waals surface area contributed by atoms with E-state index in [1.807, 2.05) is 0 Å². The fourth-order valence-electron chi connectivity index (χ4n) is 1.10. The van der Waals surface area contributed by atoms with Gasteiger partial charge in [-0.15, -0.1) is 0 Å². The summed E-state index contributed by atoms with van der Waals surface area (Å²) in [6, 6.07) is 0.988. The van der Waals surface area contributed by atoms with Crippen molar-refractivity contribution in [2.24, 2.45) is 0 Å². The number of hydrogen-bond acceptors (Lipinski definition) is 2. The van der Waals surface area contributed by atoms with Crippen LogP contribution in [0.2, 0.25) is 0 Å². The van der Waals surface area contributed by atoms with E-state index in [0.29, 0.717) is 0 Å². The molecule has 0 unspecified atom stereocenters. The van der Waals surface area contributed by atoms with Gasteiger partial charge in [-0.25, -0.2) is 0 Å². The van der Waals surface area contributed by atoms with Crippen molar-refractivity contribution in [3.8, 4) is 11.8 Å². The maximum Gasteiger partial charge on any atom is 0.420 e. The molecule has 0 amide bonds. The first-order valence-electron chi connectivity index (χ1n) is 3.99. The second-order valence-electron chi connectivity index (χ2n) is 3.03. The molecule has 0 bridgehead atoms. The highest BCUT2D eigenvalue weighted by Crippen LogP contribution is 2.41. The maximum absolute atomic E-state index is 12.3. The predicted octanol–water partition coefficient (Wildman–Crippen LogP) is 3.30. The highest BCUT2D eigenvalue weighted by molar-refractivity contribution is 5.51. The third-order valence-electron chi connectivity index (χ3n) is 1.86. The molecule has 8 heteroatoms. The zero-order valence-electron chi connectivity index (χ0n) is 7.82. The van der Waals surface area contributed by atoms with E-state index >= 15 is 0 Å². The number of phenolic OH excluding ortho intramolecular Hbond substituents is 1. The van der Waals surface area contributed by atoms with Gasteiger partial charge in [-0.05, 0) is 12.1 Å². The third kappa shape index (κ3) is 2.61. The van der Waals surface area contributed by atoms with Crippen LogP contribution in [0.1, 0.15) is 16.7 Å². The van der Waals surface area contributed by atoms with Crippen molar-refractivity contribution >= 4 is 0 Å². The molecule has 0 aliphatic rings. The van der Waals surface area contributed by atoms with Gasteiger partial charge in [0.2, 0.25) is 0 Å². The fraction of sp³-hybridized carbons (Fsp3) is 0.222. The minimum atomic E-state index is -5.17. The number of phenols is 1. The zero-order chi connectivity index (χ0) is 13.4. The fourth-order valence-corrected chi connectivity index (χ4v) is 1.10. The summed E-state index contributed by atoms with van der Waals surface area (Å²) in [4.78, 5) is 0. The summed E-state index contributed by atoms with van der Waals surface area (Å²) in [5, 5.41) is 17.4. The zero-order valence-corrected chi connectivity index (χ0v) is 7.82. The Hall–Kier alpha value is -1.91. The molecular weight excluding hydrogens is 252 g/mol. The summed E-state index contributed by atoms with van der Waals surface area (Å²) in [5.74, 6) is -1.51. The van der Waals surface area contributed by atoms with E-state index in [-0.39, 0.29) is 12.1 Å². The molecule has 0 atom stereocenters. The van der Waals surface area contributed by atoms with Crippen molar-refractivity contribution in [3.05, 3.63) is 28.8 Å². The minimum absolute atomic E-state index is 0.157. The van der Waals surface area contributed by atoms with Gasteiger partial charge in [0.25, 0.3) is 0 Å². The first kappa shape index (κ1) is 13.2. The molecule has 1 aromatic rings. The van der Waals surface area contributed by atoms with Gasteiger partial charge in [0.1, 0.15) is 11.8 Å². The van der Waals surface area contributed by atoms with Crippen LogP contribution in [0.25, 0.3) is 0 Å². The molecule has 1 aromatic carbocycles. The topological polar surface area (TPSA) is 44.0 Å². The quantitative estimate of drug-likeness (QED) is 0.723. The van der Waals surface area contributed by atoms with Crippen molar-refractivity contribution in [1.82, 2.24) is 0 Å². The van der Waals surface area contributed by atoms with Crippen LogP contribution in [0.3, 0.4) is 0 Å². The van der Waals surface area contributed by atoms with Crippen molar-refractivity contribution < 1.29 is 31.4 Å². The summed E-state index contributed by atoms with van der Waals surface area (Å²) in [6.45, 7) is 0. The van der Waals surface area contributed by atoms with Crippen LogP contribution in [0.15, 0.2) is 12.1 Å². The van der Waals surface area contributed by atoms with Gasteiger partial charge in [-0.2, -0.15) is 31.6 Å². The Morgan fingerprint density at radius 2 is 1.53 bits per heavy atom. The standard InChI is InChI=1S/C9H3F6NO/c10-8(11,12)5-1-4(3-16)7(17)6(2-5)9(13,14)15/h1-2,17H. The number of hydrogen-bond donors (Lipinski definition) is 1. The molecule has 0 fully saturated rings. The van der Waals surface area contributed by atoms with E-state index in [1.165, 1.54) is 0 Å². The molecule has 0 aliphatic carbocycles. The van der Waals surface area contributed by atoms with Crippen LogP contribution in [0.5, 0.6) is 5.75 Å². The summed E-state index contributed by atoms with van der Waals surface area (Å²) in [6.07, 6.45) is -10.2. The predicted molar refractivity (Wildman–Crippen MR) is 42.8 cm³/mol. The van der Waals surface area contributed by atoms with Gasteiger partial charge in [0.05, 0.1) is 16.7 Å². The Balaban J connectivity index is 3.58. The van der Waals surface area contributed by atoms with Gasteiger partial charge in [-0.1, -0.05) is 0 Å². The van der Waals surface area contributed by atoms with Crippen LogP contribution < -0.4 is 0 Å². The number of aromatic hydroxyl groups is 1. The molecule has 0 radical (unpaired) electrons. The summed E-state index contributed by atoms with van der Waals surface area (Å²) >= 11 is 0. The van der Waals surface area contributed by atoms with Gasteiger partial charge < -0.3 is 5.11 Å². The second-order valence-corrected chi connectivity index (χ2v) is 3.03. The van der Waals surface area contributed by atoms with E-state index < -0.39 is 34.8 Å². The van der Waals surface area contributed by atoms with Crippen molar-refractivity contribution in [3.63, 3.8) is 0 Å². The first-order valence-corrected chi connectivity index (χ1v) is 3.99. The van der Waals surface area contributed by atoms with Crippen LogP contribution in [0, 0.1) is 11.3 Å². The van der Waals surface area contributed by atoms with E-state index in [1.54, 1.807) is 0 Å². The smallest absolute Gasteiger partial charge is 0.420 e. The highest BCUT2D eigenvalue weighted by atomic mass is 19.4. The third-order valence-corrected chi connectivity index (χ3v) is 1.86. The normalized spacial score (nSPS) is 12.3. The molecule has 17 heavy (non-hydrogen) atoms. The number of halogens is 6. The highest BCUT2D eigenvalue weighted by Gasteiger charge is 2.39. The minimum Gasteiger partial charge on any atom is -0.506 e. The average molecular weight is 255 g/mol. The van der Waals surface area contributed by atoms with E-state index in [9.17, 15) is 26.3 Å². The largest absolute Gasteiger partial charge is 0.506 e. The Morgan fingerprint density at radius 1 is 1.00 bits per heavy atom. The van der Waals surface area contributed by atoms with Crippen molar-refractivity contribution in [1.29, 1.82) is 5.26 Å². The van der Waals surface area contributed by atoms with Gasteiger partial charge >= 0.3 is 12.4 Å². The van der Waals surface area contributed by atoms with Crippen LogP contribution in [-0.2, 0) is 12.4 Å². The number of nitriles is 1. The number of alkyl halides is 6.